The van der Waals surface area contributed by atoms with Crippen LogP contribution in [0, 0.1) is 5.92 Å². The maximum Gasteiger partial charge on any atom is 0.0575 e. The third kappa shape index (κ3) is 4.37. The predicted molar refractivity (Wildman–Crippen MR) is 70.1 cm³/mol. The highest BCUT2D eigenvalue weighted by atomic mass is 16.7. The summed E-state index contributed by atoms with van der Waals surface area (Å²) in [6, 6.07) is 4.12. The van der Waals surface area contributed by atoms with E-state index in [0.29, 0.717) is 5.92 Å². The molecule has 1 aliphatic heterocycles. The van der Waals surface area contributed by atoms with E-state index in [-0.39, 0.29) is 0 Å². The average molecular weight is 250 g/mol. The van der Waals surface area contributed by atoms with Crippen LogP contribution in [-0.4, -0.2) is 43.5 Å². The van der Waals surface area contributed by atoms with Crippen LogP contribution >= 0.6 is 0 Å². The van der Waals surface area contributed by atoms with Crippen molar-refractivity contribution in [3.63, 3.8) is 0 Å². The number of aromatic nitrogens is 1. The second kappa shape index (κ2) is 7.46. The Labute approximate surface area is 109 Å². The van der Waals surface area contributed by atoms with Gasteiger partial charge in [0.2, 0.25) is 0 Å². The fraction of sp³-hybridized carbons (Fsp3) is 0.643. The molecule has 0 unspecified atom stereocenters. The zero-order chi connectivity index (χ0) is 12.6. The van der Waals surface area contributed by atoms with Crippen LogP contribution in [-0.2, 0) is 16.0 Å². The lowest BCUT2D eigenvalue weighted by atomic mass is 10.0. The summed E-state index contributed by atoms with van der Waals surface area (Å²) in [7, 11) is 1.76. The Morgan fingerprint density at radius 3 is 2.72 bits per heavy atom. The van der Waals surface area contributed by atoms with Gasteiger partial charge in [-0.05, 0) is 42.9 Å². The molecule has 4 nitrogen and oxygen atoms in total. The lowest BCUT2D eigenvalue weighted by Crippen LogP contribution is -2.33. The first-order valence-corrected chi connectivity index (χ1v) is 6.64. The molecule has 0 spiro atoms. The molecule has 1 aromatic heterocycles. The molecule has 0 N–H and O–H groups in total. The van der Waals surface area contributed by atoms with Crippen LogP contribution in [0.3, 0.4) is 0 Å². The van der Waals surface area contributed by atoms with Crippen LogP contribution in [0.1, 0.15) is 18.4 Å². The molecule has 2 heterocycles. The molecule has 2 rings (SSSR count). The fourth-order valence-electron chi connectivity index (χ4n) is 2.28. The van der Waals surface area contributed by atoms with E-state index in [1.165, 1.54) is 5.56 Å². The number of pyridine rings is 1. The molecule has 0 atom stereocenters. The standard InChI is InChI=1S/C14H22N2O2/c1-17-16(12-14-5-10-18-11-6-14)9-4-13-2-7-15-8-3-13/h2-3,7-8,14H,4-6,9-12H2,1H3. The Kier molecular flexibility index (Phi) is 5.58. The van der Waals surface area contributed by atoms with E-state index in [2.05, 4.69) is 22.2 Å². The topological polar surface area (TPSA) is 34.6 Å². The van der Waals surface area contributed by atoms with Crippen molar-refractivity contribution in [1.82, 2.24) is 10.0 Å². The largest absolute Gasteiger partial charge is 0.381 e. The van der Waals surface area contributed by atoms with E-state index < -0.39 is 0 Å². The van der Waals surface area contributed by atoms with E-state index >= 15 is 0 Å². The highest BCUT2D eigenvalue weighted by Crippen LogP contribution is 2.16. The van der Waals surface area contributed by atoms with Gasteiger partial charge in [-0.1, -0.05) is 0 Å². The highest BCUT2D eigenvalue weighted by Gasteiger charge is 2.17. The van der Waals surface area contributed by atoms with Crippen molar-refractivity contribution in [3.8, 4) is 0 Å². The molecule has 1 aliphatic rings. The maximum absolute atomic E-state index is 5.45. The van der Waals surface area contributed by atoms with Gasteiger partial charge in [0, 0.05) is 38.7 Å². The number of nitrogens with zero attached hydrogens (tertiary/aromatic N) is 2. The van der Waals surface area contributed by atoms with Gasteiger partial charge >= 0.3 is 0 Å². The smallest absolute Gasteiger partial charge is 0.0575 e. The van der Waals surface area contributed by atoms with Crippen molar-refractivity contribution in [2.75, 3.05) is 33.4 Å². The van der Waals surface area contributed by atoms with Gasteiger partial charge in [0.25, 0.3) is 0 Å². The first-order valence-electron chi connectivity index (χ1n) is 6.64. The van der Waals surface area contributed by atoms with Crippen molar-refractivity contribution in [2.24, 2.45) is 5.92 Å². The Balaban J connectivity index is 1.74. The number of ether oxygens (including phenoxy) is 1. The molecular weight excluding hydrogens is 228 g/mol. The Hall–Kier alpha value is -0.970. The van der Waals surface area contributed by atoms with Crippen molar-refractivity contribution in [2.45, 2.75) is 19.3 Å². The molecule has 18 heavy (non-hydrogen) atoms. The molecule has 0 aliphatic carbocycles. The number of rotatable bonds is 6. The third-order valence-electron chi connectivity index (χ3n) is 3.46. The first kappa shape index (κ1) is 13.5. The predicted octanol–water partition coefficient (Wildman–Crippen LogP) is 1.91. The van der Waals surface area contributed by atoms with Crippen molar-refractivity contribution in [1.29, 1.82) is 0 Å². The fourth-order valence-corrected chi connectivity index (χ4v) is 2.28. The van der Waals surface area contributed by atoms with Crippen LogP contribution in [0.4, 0.5) is 0 Å². The average Bonchev–Trinajstić information content (AvgIpc) is 2.45. The van der Waals surface area contributed by atoms with Crippen LogP contribution in [0.15, 0.2) is 24.5 Å². The zero-order valence-electron chi connectivity index (χ0n) is 11.0. The highest BCUT2D eigenvalue weighted by molar-refractivity contribution is 5.09. The van der Waals surface area contributed by atoms with Gasteiger partial charge in [-0.15, -0.1) is 0 Å². The molecule has 0 amide bonds. The van der Waals surface area contributed by atoms with Gasteiger partial charge < -0.3 is 9.57 Å². The Morgan fingerprint density at radius 2 is 2.06 bits per heavy atom. The van der Waals surface area contributed by atoms with Gasteiger partial charge in [-0.3, -0.25) is 4.98 Å². The molecule has 0 radical (unpaired) electrons. The minimum Gasteiger partial charge on any atom is -0.381 e. The summed E-state index contributed by atoms with van der Waals surface area (Å²) < 4.78 is 5.38. The summed E-state index contributed by atoms with van der Waals surface area (Å²) in [6.45, 7) is 3.72. The third-order valence-corrected chi connectivity index (χ3v) is 3.46. The summed E-state index contributed by atoms with van der Waals surface area (Å²) in [4.78, 5) is 9.48. The SMILES string of the molecule is CON(CCc1ccncc1)CC1CCOCC1. The molecule has 4 heteroatoms. The van der Waals surface area contributed by atoms with Gasteiger partial charge in [-0.2, -0.15) is 5.06 Å². The molecule has 1 fully saturated rings. The Bertz CT molecular complexity index is 326. The summed E-state index contributed by atoms with van der Waals surface area (Å²) in [5, 5.41) is 2.07. The summed E-state index contributed by atoms with van der Waals surface area (Å²) >= 11 is 0. The number of hydroxylamine groups is 2. The molecular formula is C14H22N2O2. The van der Waals surface area contributed by atoms with E-state index in [0.717, 1.165) is 45.6 Å². The quantitative estimate of drug-likeness (QED) is 0.722. The van der Waals surface area contributed by atoms with Gasteiger partial charge in [0.1, 0.15) is 0 Å². The van der Waals surface area contributed by atoms with E-state index in [9.17, 15) is 0 Å². The maximum atomic E-state index is 5.45. The van der Waals surface area contributed by atoms with E-state index in [1.807, 2.05) is 12.4 Å². The summed E-state index contributed by atoms with van der Waals surface area (Å²) in [5.41, 5.74) is 1.30. The lowest BCUT2D eigenvalue weighted by molar-refractivity contribution is -0.144. The van der Waals surface area contributed by atoms with Crippen LogP contribution < -0.4 is 0 Å². The molecule has 0 aromatic carbocycles. The molecule has 1 saturated heterocycles. The lowest BCUT2D eigenvalue weighted by Gasteiger charge is -2.28. The molecule has 1 aromatic rings. The van der Waals surface area contributed by atoms with Gasteiger partial charge in [0.15, 0.2) is 0 Å². The number of hydrogen-bond donors (Lipinski definition) is 0. The zero-order valence-corrected chi connectivity index (χ0v) is 11.0. The van der Waals surface area contributed by atoms with Crippen LogP contribution in [0.25, 0.3) is 0 Å². The van der Waals surface area contributed by atoms with Crippen molar-refractivity contribution >= 4 is 0 Å². The summed E-state index contributed by atoms with van der Waals surface area (Å²) in [5.74, 6) is 0.705. The monoisotopic (exact) mass is 250 g/mol. The molecule has 100 valence electrons. The summed E-state index contributed by atoms with van der Waals surface area (Å²) in [6.07, 6.45) is 6.97. The van der Waals surface area contributed by atoms with E-state index in [4.69, 9.17) is 9.57 Å². The molecule has 0 bridgehead atoms. The van der Waals surface area contributed by atoms with Crippen LogP contribution in [0.5, 0.6) is 0 Å². The minimum atomic E-state index is 0.705. The van der Waals surface area contributed by atoms with Gasteiger partial charge in [0.05, 0.1) is 7.11 Å². The first-order chi connectivity index (χ1) is 8.88. The molecule has 0 saturated carbocycles. The second-order valence-electron chi connectivity index (χ2n) is 4.73. The van der Waals surface area contributed by atoms with Gasteiger partial charge in [-0.25, -0.2) is 0 Å². The normalized spacial score (nSPS) is 17.2. The second-order valence-corrected chi connectivity index (χ2v) is 4.73. The number of hydrogen-bond acceptors (Lipinski definition) is 4. The van der Waals surface area contributed by atoms with Crippen molar-refractivity contribution < 1.29 is 9.57 Å². The van der Waals surface area contributed by atoms with E-state index in [1.54, 1.807) is 7.11 Å². The van der Waals surface area contributed by atoms with Crippen molar-refractivity contribution in [3.05, 3.63) is 30.1 Å². The minimum absolute atomic E-state index is 0.705. The Morgan fingerprint density at radius 1 is 1.33 bits per heavy atom. The van der Waals surface area contributed by atoms with Crippen LogP contribution in [0.2, 0.25) is 0 Å².